The fourth-order valence-corrected chi connectivity index (χ4v) is 2.85. The van der Waals surface area contributed by atoms with Gasteiger partial charge in [0.25, 0.3) is 0 Å². The largest absolute Gasteiger partial charge is 0.310 e. The van der Waals surface area contributed by atoms with E-state index in [0.717, 1.165) is 19.6 Å². The molecule has 4 heterocycles. The van der Waals surface area contributed by atoms with Crippen molar-refractivity contribution in [2.24, 2.45) is 0 Å². The minimum absolute atomic E-state index is 0.954. The van der Waals surface area contributed by atoms with E-state index in [1.54, 1.807) is 0 Å². The van der Waals surface area contributed by atoms with Gasteiger partial charge in [-0.2, -0.15) is 0 Å². The Morgan fingerprint density at radius 3 is 1.22 bits per heavy atom. The van der Waals surface area contributed by atoms with Crippen LogP contribution in [0.2, 0.25) is 0 Å². The van der Waals surface area contributed by atoms with E-state index < -0.39 is 0 Å². The van der Waals surface area contributed by atoms with Crippen molar-refractivity contribution in [3.8, 4) is 0 Å². The van der Waals surface area contributed by atoms with E-state index >= 15 is 0 Å². The highest BCUT2D eigenvalue weighted by Gasteiger charge is 2.35. The monoisotopic (exact) mass is 237 g/mol. The van der Waals surface area contributed by atoms with Gasteiger partial charge >= 0.3 is 0 Å². The second kappa shape index (κ2) is 3.67. The average Bonchev–Trinajstić information content (AvgIpc) is 2.48. The molecule has 4 aliphatic heterocycles. The first kappa shape index (κ1) is 9.83. The van der Waals surface area contributed by atoms with Crippen molar-refractivity contribution < 1.29 is 0 Å². The Kier molecular flexibility index (Phi) is 2.00. The number of hydrogen-bond acceptors (Lipinski definition) is 3. The van der Waals surface area contributed by atoms with Crippen LogP contribution in [0, 0.1) is 0 Å². The Morgan fingerprint density at radius 2 is 0.889 bits per heavy atom. The summed E-state index contributed by atoms with van der Waals surface area (Å²) in [5.41, 5.74) is 0. The molecule has 0 aliphatic carbocycles. The Morgan fingerprint density at radius 1 is 0.556 bits per heavy atom. The molecule has 0 aromatic heterocycles. The van der Waals surface area contributed by atoms with E-state index in [1.807, 2.05) is 0 Å². The predicted molar refractivity (Wildman–Crippen MR) is 71.8 cm³/mol. The van der Waals surface area contributed by atoms with Crippen LogP contribution < -0.4 is 0 Å². The fourth-order valence-electron chi connectivity index (χ4n) is 2.85. The summed E-state index contributed by atoms with van der Waals surface area (Å²) in [6, 6.07) is 0. The van der Waals surface area contributed by atoms with Crippen LogP contribution in [0.25, 0.3) is 0 Å². The number of rotatable bonds is 0. The van der Waals surface area contributed by atoms with Crippen molar-refractivity contribution in [3.63, 3.8) is 0 Å². The molecule has 1 fully saturated rings. The summed E-state index contributed by atoms with van der Waals surface area (Å²) < 4.78 is 0. The molecule has 90 valence electrons. The number of hydrogen-bond donors (Lipinski definition) is 0. The lowest BCUT2D eigenvalue weighted by molar-refractivity contribution is 0.148. The van der Waals surface area contributed by atoms with Crippen LogP contribution in [0.4, 0.5) is 0 Å². The second-order valence-electron chi connectivity index (χ2n) is 4.69. The highest BCUT2D eigenvalue weighted by atomic mass is 15.5. The average molecular weight is 237 g/mol. The summed E-state index contributed by atoms with van der Waals surface area (Å²) in [6.07, 6.45) is 19.7. The van der Waals surface area contributed by atoms with Crippen LogP contribution in [0.5, 0.6) is 0 Å². The van der Waals surface area contributed by atoms with Crippen molar-refractivity contribution in [2.45, 2.75) is 0 Å². The zero-order valence-corrected chi connectivity index (χ0v) is 10.2. The van der Waals surface area contributed by atoms with Crippen LogP contribution in [-0.2, 0) is 0 Å². The van der Waals surface area contributed by atoms with Crippen molar-refractivity contribution in [1.29, 1.82) is 0 Å². The van der Waals surface area contributed by atoms with Gasteiger partial charge in [0.1, 0.15) is 17.5 Å². The zero-order valence-electron chi connectivity index (χ0n) is 10.2. The fraction of sp³-hybridized carbons (Fsp3) is 0.200. The van der Waals surface area contributed by atoms with Gasteiger partial charge in [-0.25, -0.2) is 0 Å². The lowest BCUT2D eigenvalue weighted by Crippen LogP contribution is -2.51. The summed E-state index contributed by atoms with van der Waals surface area (Å²) in [4.78, 5) is 7.12. The summed E-state index contributed by atoms with van der Waals surface area (Å²) in [5, 5.41) is 0. The van der Waals surface area contributed by atoms with Crippen molar-refractivity contribution >= 4 is 0 Å². The molecular formula is C15H15N3. The third kappa shape index (κ3) is 1.24. The van der Waals surface area contributed by atoms with Crippen LogP contribution in [-0.4, -0.2) is 34.3 Å². The summed E-state index contributed by atoms with van der Waals surface area (Å²) >= 11 is 0. The quantitative estimate of drug-likeness (QED) is 0.639. The molecule has 0 amide bonds. The molecule has 3 nitrogen and oxygen atoms in total. The van der Waals surface area contributed by atoms with Gasteiger partial charge in [0.15, 0.2) is 0 Å². The molecule has 0 N–H and O–H groups in total. The maximum atomic E-state index is 2.38. The van der Waals surface area contributed by atoms with Crippen molar-refractivity contribution in [2.75, 3.05) is 19.6 Å². The van der Waals surface area contributed by atoms with Gasteiger partial charge in [-0.15, -0.1) is 0 Å². The minimum Gasteiger partial charge on any atom is -0.310 e. The van der Waals surface area contributed by atoms with Crippen LogP contribution in [0.3, 0.4) is 0 Å². The minimum atomic E-state index is 0.954. The molecule has 0 bridgehead atoms. The second-order valence-corrected chi connectivity index (χ2v) is 4.69. The third-order valence-electron chi connectivity index (χ3n) is 3.67. The Labute approximate surface area is 107 Å². The van der Waals surface area contributed by atoms with Gasteiger partial charge in [-0.1, -0.05) is 36.5 Å². The summed E-state index contributed by atoms with van der Waals surface area (Å²) in [7, 11) is 0. The Hall–Kier alpha value is -2.16. The van der Waals surface area contributed by atoms with E-state index in [9.17, 15) is 0 Å². The number of allylic oxidation sites excluding steroid dienone is 6. The lowest BCUT2D eigenvalue weighted by Gasteiger charge is -2.51. The van der Waals surface area contributed by atoms with E-state index in [-0.39, 0.29) is 0 Å². The third-order valence-corrected chi connectivity index (χ3v) is 3.67. The van der Waals surface area contributed by atoms with Crippen LogP contribution in [0.15, 0.2) is 72.1 Å². The maximum Gasteiger partial charge on any atom is 0.116 e. The highest BCUT2D eigenvalue weighted by molar-refractivity contribution is 5.38. The summed E-state index contributed by atoms with van der Waals surface area (Å²) in [6.45, 7) is 2.86. The predicted octanol–water partition coefficient (Wildman–Crippen LogP) is 2.14. The molecule has 4 aliphatic rings. The van der Waals surface area contributed by atoms with Crippen molar-refractivity contribution in [1.82, 2.24) is 14.7 Å². The standard InChI is InChI=1S/C15H15N3/c1-4-10-16-13(7-1)17-11-5-2-9-15(17)18-12-6-3-8-14(16)18/h1-9H,10-12H2. The van der Waals surface area contributed by atoms with E-state index in [0.29, 0.717) is 0 Å². The van der Waals surface area contributed by atoms with E-state index in [2.05, 4.69) is 69.4 Å². The zero-order chi connectivity index (χ0) is 11.9. The summed E-state index contributed by atoms with van der Waals surface area (Å²) in [5.74, 6) is 3.85. The molecule has 0 aromatic carbocycles. The smallest absolute Gasteiger partial charge is 0.116 e. The SMILES string of the molecule is C1=CCN2C3=CC=CCN3C3=CC=CCN3C2=C1. The van der Waals surface area contributed by atoms with E-state index in [4.69, 9.17) is 0 Å². The molecule has 18 heavy (non-hydrogen) atoms. The van der Waals surface area contributed by atoms with Crippen molar-refractivity contribution in [3.05, 3.63) is 72.1 Å². The number of nitrogens with zero attached hydrogens (tertiary/aromatic N) is 3. The van der Waals surface area contributed by atoms with Gasteiger partial charge in [-0.3, -0.25) is 0 Å². The van der Waals surface area contributed by atoms with Gasteiger partial charge in [0.05, 0.1) is 0 Å². The highest BCUT2D eigenvalue weighted by Crippen LogP contribution is 2.36. The van der Waals surface area contributed by atoms with Gasteiger partial charge in [0, 0.05) is 19.6 Å². The molecular weight excluding hydrogens is 222 g/mol. The van der Waals surface area contributed by atoms with E-state index in [1.165, 1.54) is 17.5 Å². The van der Waals surface area contributed by atoms with Gasteiger partial charge < -0.3 is 14.7 Å². The first-order chi connectivity index (χ1) is 8.95. The molecule has 0 aromatic rings. The molecule has 0 atom stereocenters. The molecule has 0 saturated carbocycles. The first-order valence-corrected chi connectivity index (χ1v) is 6.38. The maximum absolute atomic E-state index is 2.38. The molecule has 0 radical (unpaired) electrons. The molecule has 0 spiro atoms. The molecule has 1 saturated heterocycles. The normalized spacial score (nSPS) is 24.0. The topological polar surface area (TPSA) is 9.72 Å². The molecule has 3 heteroatoms. The van der Waals surface area contributed by atoms with Gasteiger partial charge in [-0.05, 0) is 18.2 Å². The van der Waals surface area contributed by atoms with Gasteiger partial charge in [0.2, 0.25) is 0 Å². The Balaban J connectivity index is 1.87. The van der Waals surface area contributed by atoms with Crippen LogP contribution in [0.1, 0.15) is 0 Å². The molecule has 0 unspecified atom stereocenters. The Bertz CT molecular complexity index is 461. The lowest BCUT2D eigenvalue weighted by atomic mass is 10.1. The van der Waals surface area contributed by atoms with Crippen LogP contribution >= 0.6 is 0 Å². The number of fused-ring (bicyclic) bond motifs is 6. The first-order valence-electron chi connectivity index (χ1n) is 6.38. The molecule has 4 rings (SSSR count).